The van der Waals surface area contributed by atoms with Gasteiger partial charge in [-0.3, -0.25) is 9.59 Å². The third-order valence-electron chi connectivity index (χ3n) is 6.28. The van der Waals surface area contributed by atoms with Gasteiger partial charge in [-0.2, -0.15) is 4.31 Å². The van der Waals surface area contributed by atoms with E-state index in [0.29, 0.717) is 29.0 Å². The van der Waals surface area contributed by atoms with Gasteiger partial charge < -0.3 is 5.32 Å². The van der Waals surface area contributed by atoms with Crippen LogP contribution in [0.5, 0.6) is 0 Å². The van der Waals surface area contributed by atoms with Crippen LogP contribution < -0.4 is 5.32 Å². The maximum Gasteiger partial charge on any atom is 0.244 e. The van der Waals surface area contributed by atoms with Gasteiger partial charge in [0.25, 0.3) is 0 Å². The van der Waals surface area contributed by atoms with Crippen molar-refractivity contribution in [3.8, 4) is 11.3 Å². The molecule has 1 saturated heterocycles. The minimum absolute atomic E-state index is 0.161. The zero-order valence-corrected chi connectivity index (χ0v) is 21.8. The molecule has 5 rings (SSSR count). The largest absolute Gasteiger partial charge is 0.301 e. The van der Waals surface area contributed by atoms with Crippen LogP contribution in [0.25, 0.3) is 11.3 Å². The lowest BCUT2D eigenvalue weighted by Gasteiger charge is -2.23. The average Bonchev–Trinajstić information content (AvgIpc) is 3.58. The molecule has 0 saturated carbocycles. The molecule has 3 aromatic carbocycles. The molecule has 1 unspecified atom stereocenters. The summed E-state index contributed by atoms with van der Waals surface area (Å²) in [6.07, 6.45) is 0.984. The van der Waals surface area contributed by atoms with Crippen molar-refractivity contribution in [2.45, 2.75) is 30.7 Å². The molecule has 1 aliphatic rings. The van der Waals surface area contributed by atoms with E-state index in [9.17, 15) is 18.0 Å². The fraction of sp³-hybridized carbons (Fsp3) is 0.179. The highest BCUT2D eigenvalue weighted by Crippen LogP contribution is 2.34. The minimum atomic E-state index is -3.84. The normalized spacial score (nSPS) is 16.0. The fourth-order valence-electron chi connectivity index (χ4n) is 4.36. The maximum atomic E-state index is 13.3. The van der Waals surface area contributed by atoms with Gasteiger partial charge in [0.15, 0.2) is 5.13 Å². The van der Waals surface area contributed by atoms with Gasteiger partial charge in [-0.1, -0.05) is 89.7 Å². The Labute approximate surface area is 219 Å². The molecule has 0 bridgehead atoms. The second kappa shape index (κ2) is 10.4. The van der Waals surface area contributed by atoms with Crippen LogP contribution in [0.15, 0.2) is 89.8 Å². The number of ketones is 1. The van der Waals surface area contributed by atoms with Gasteiger partial charge in [-0.25, -0.2) is 13.4 Å². The molecular formula is C28H25N3O4S2. The number of hydrogen-bond donors (Lipinski definition) is 1. The van der Waals surface area contributed by atoms with E-state index in [4.69, 9.17) is 0 Å². The Morgan fingerprint density at radius 3 is 2.27 bits per heavy atom. The van der Waals surface area contributed by atoms with E-state index in [1.807, 2.05) is 43.3 Å². The lowest BCUT2D eigenvalue weighted by atomic mass is 10.1. The minimum Gasteiger partial charge on any atom is -0.301 e. The predicted octanol–water partition coefficient (Wildman–Crippen LogP) is 5.14. The number of carbonyl (C=O) groups is 2. The molecule has 0 radical (unpaired) electrons. The molecule has 1 atom stereocenters. The number of hydrogen-bond acceptors (Lipinski definition) is 6. The van der Waals surface area contributed by atoms with Crippen molar-refractivity contribution < 1.29 is 18.0 Å². The lowest BCUT2D eigenvalue weighted by molar-refractivity contribution is -0.119. The number of thiazole rings is 1. The van der Waals surface area contributed by atoms with Crippen molar-refractivity contribution >= 4 is 38.2 Å². The van der Waals surface area contributed by atoms with Crippen molar-refractivity contribution in [1.29, 1.82) is 0 Å². The molecule has 1 aliphatic heterocycles. The topological polar surface area (TPSA) is 96.4 Å². The first kappa shape index (κ1) is 25.0. The second-order valence-corrected chi connectivity index (χ2v) is 11.7. The van der Waals surface area contributed by atoms with E-state index in [0.717, 1.165) is 22.5 Å². The molecule has 2 heterocycles. The summed E-state index contributed by atoms with van der Waals surface area (Å²) in [7, 11) is -3.84. The van der Waals surface area contributed by atoms with Crippen LogP contribution in [0.4, 0.5) is 5.13 Å². The Morgan fingerprint density at radius 2 is 1.59 bits per heavy atom. The number of aryl methyl sites for hydroxylation is 1. The van der Waals surface area contributed by atoms with Crippen LogP contribution in [0.2, 0.25) is 0 Å². The van der Waals surface area contributed by atoms with Crippen LogP contribution in [-0.4, -0.2) is 42.0 Å². The Hall–Kier alpha value is -3.66. The highest BCUT2D eigenvalue weighted by Gasteiger charge is 2.39. The Balaban J connectivity index is 1.44. The summed E-state index contributed by atoms with van der Waals surface area (Å²) < 4.78 is 27.8. The van der Waals surface area contributed by atoms with E-state index in [1.54, 1.807) is 48.5 Å². The number of carbonyl (C=O) groups excluding carboxylic acids is 2. The lowest BCUT2D eigenvalue weighted by Crippen LogP contribution is -2.43. The summed E-state index contributed by atoms with van der Waals surface area (Å²) in [5, 5.41) is 3.05. The first-order valence-corrected chi connectivity index (χ1v) is 14.2. The molecule has 1 amide bonds. The van der Waals surface area contributed by atoms with Crippen molar-refractivity contribution in [3.63, 3.8) is 0 Å². The summed E-state index contributed by atoms with van der Waals surface area (Å²) in [5.41, 5.74) is 2.70. The standard InChI is InChI=1S/C28H25N3O4S2/c1-19-14-16-22(17-15-19)37(34,35)31-18-8-13-23(31)27(33)30-28-29-24(20-9-4-2-5-10-20)26(36-28)25(32)21-11-6-3-7-12-21/h2-7,9-12,14-17,23H,8,13,18H2,1H3,(H,29,30,33). The van der Waals surface area contributed by atoms with Crippen molar-refractivity contribution in [2.75, 3.05) is 11.9 Å². The summed E-state index contributed by atoms with van der Waals surface area (Å²) in [4.78, 5) is 31.8. The van der Waals surface area contributed by atoms with Crippen LogP contribution >= 0.6 is 11.3 Å². The van der Waals surface area contributed by atoms with Crippen molar-refractivity contribution in [1.82, 2.24) is 9.29 Å². The molecule has 0 aliphatic carbocycles. The highest BCUT2D eigenvalue weighted by atomic mass is 32.2. The Morgan fingerprint density at radius 1 is 0.946 bits per heavy atom. The number of nitrogens with zero attached hydrogens (tertiary/aromatic N) is 2. The van der Waals surface area contributed by atoms with Gasteiger partial charge >= 0.3 is 0 Å². The van der Waals surface area contributed by atoms with Crippen LogP contribution in [0.1, 0.15) is 33.6 Å². The van der Waals surface area contributed by atoms with E-state index in [2.05, 4.69) is 10.3 Å². The number of nitrogens with one attached hydrogen (secondary N) is 1. The number of anilines is 1. The summed E-state index contributed by atoms with van der Waals surface area (Å²) in [6.45, 7) is 2.15. The fourth-order valence-corrected chi connectivity index (χ4v) is 6.97. The van der Waals surface area contributed by atoms with Crippen LogP contribution in [0.3, 0.4) is 0 Å². The average molecular weight is 532 g/mol. The number of benzene rings is 3. The van der Waals surface area contributed by atoms with Gasteiger partial charge in [-0.05, 0) is 31.9 Å². The first-order valence-electron chi connectivity index (χ1n) is 11.9. The van der Waals surface area contributed by atoms with Gasteiger partial charge in [0.1, 0.15) is 10.9 Å². The van der Waals surface area contributed by atoms with Crippen molar-refractivity contribution in [3.05, 3.63) is 101 Å². The molecule has 1 N–H and O–H groups in total. The molecule has 7 nitrogen and oxygen atoms in total. The Bertz CT molecular complexity index is 1530. The number of aromatic nitrogens is 1. The first-order chi connectivity index (χ1) is 17.8. The highest BCUT2D eigenvalue weighted by molar-refractivity contribution is 7.89. The summed E-state index contributed by atoms with van der Waals surface area (Å²) >= 11 is 1.09. The molecular weight excluding hydrogens is 506 g/mol. The SMILES string of the molecule is Cc1ccc(S(=O)(=O)N2CCCC2C(=O)Nc2nc(-c3ccccc3)c(C(=O)c3ccccc3)s2)cc1. The summed E-state index contributed by atoms with van der Waals surface area (Å²) in [5.74, 6) is -0.651. The molecule has 4 aromatic rings. The maximum absolute atomic E-state index is 13.3. The van der Waals surface area contributed by atoms with Gasteiger partial charge in [0, 0.05) is 17.7 Å². The monoisotopic (exact) mass is 531 g/mol. The van der Waals surface area contributed by atoms with E-state index < -0.39 is 22.0 Å². The van der Waals surface area contributed by atoms with Gasteiger partial charge in [0.05, 0.1) is 10.6 Å². The zero-order valence-electron chi connectivity index (χ0n) is 20.1. The summed E-state index contributed by atoms with van der Waals surface area (Å²) in [6, 6.07) is 24.0. The molecule has 9 heteroatoms. The van der Waals surface area contributed by atoms with E-state index >= 15 is 0 Å². The molecule has 188 valence electrons. The zero-order chi connectivity index (χ0) is 26.0. The second-order valence-electron chi connectivity index (χ2n) is 8.83. The smallest absolute Gasteiger partial charge is 0.244 e. The number of rotatable bonds is 7. The van der Waals surface area contributed by atoms with E-state index in [1.165, 1.54) is 4.31 Å². The number of sulfonamides is 1. The van der Waals surface area contributed by atoms with Gasteiger partial charge in [0.2, 0.25) is 21.7 Å². The van der Waals surface area contributed by atoms with E-state index in [-0.39, 0.29) is 22.4 Å². The molecule has 1 fully saturated rings. The third-order valence-corrected chi connectivity index (χ3v) is 9.17. The Kier molecular flexibility index (Phi) is 7.01. The predicted molar refractivity (Wildman–Crippen MR) is 144 cm³/mol. The van der Waals surface area contributed by atoms with Crippen LogP contribution in [0, 0.1) is 6.92 Å². The molecule has 37 heavy (non-hydrogen) atoms. The van der Waals surface area contributed by atoms with Crippen molar-refractivity contribution in [2.24, 2.45) is 0 Å². The van der Waals surface area contributed by atoms with Gasteiger partial charge in [-0.15, -0.1) is 0 Å². The van der Waals surface area contributed by atoms with Crippen LogP contribution in [-0.2, 0) is 14.8 Å². The number of amides is 1. The molecule has 1 aromatic heterocycles. The molecule has 0 spiro atoms. The quantitative estimate of drug-likeness (QED) is 0.333. The third kappa shape index (κ3) is 5.11.